The van der Waals surface area contributed by atoms with Crippen LogP contribution in [-0.2, 0) is 0 Å². The molecule has 2 fully saturated rings. The molecule has 0 saturated carbocycles. The summed E-state index contributed by atoms with van der Waals surface area (Å²) >= 11 is 0. The highest BCUT2D eigenvalue weighted by Crippen LogP contribution is 2.25. The van der Waals surface area contributed by atoms with Gasteiger partial charge < -0.3 is 9.80 Å². The van der Waals surface area contributed by atoms with Gasteiger partial charge in [-0.05, 0) is 0 Å². The van der Waals surface area contributed by atoms with E-state index in [-0.39, 0.29) is 5.82 Å². The highest BCUT2D eigenvalue weighted by molar-refractivity contribution is 5.50. The Hall–Kier alpha value is -1.39. The number of hydrogen-bond donors (Lipinski definition) is 0. The average Bonchev–Trinajstić information content (AvgIpc) is 3.00. The zero-order valence-corrected chi connectivity index (χ0v) is 7.07. The van der Waals surface area contributed by atoms with Gasteiger partial charge in [-0.15, -0.1) is 0 Å². The molecule has 2 aliphatic heterocycles. The number of rotatable bonds is 2. The minimum absolute atomic E-state index is 0.317. The Morgan fingerprint density at radius 1 is 1.15 bits per heavy atom. The zero-order chi connectivity index (χ0) is 8.84. The molecule has 0 bridgehead atoms. The van der Waals surface area contributed by atoms with Gasteiger partial charge in [-0.25, -0.2) is 9.37 Å². The Bertz CT molecular complexity index is 346. The van der Waals surface area contributed by atoms with Gasteiger partial charge in [-0.3, -0.25) is 0 Å². The molecule has 4 nitrogen and oxygen atoms in total. The summed E-state index contributed by atoms with van der Waals surface area (Å²) in [4.78, 5) is 12.0. The molecule has 0 aromatic carbocycles. The smallest absolute Gasteiger partial charge is 0.227 e. The molecule has 0 radical (unpaired) electrons. The molecule has 68 valence electrons. The first-order chi connectivity index (χ1) is 6.34. The summed E-state index contributed by atoms with van der Waals surface area (Å²) in [7, 11) is 0. The maximum atomic E-state index is 13.2. The predicted molar refractivity (Wildman–Crippen MR) is 46.4 cm³/mol. The molecular formula is C8H9FN4. The van der Waals surface area contributed by atoms with E-state index in [2.05, 4.69) is 9.97 Å². The fourth-order valence-electron chi connectivity index (χ4n) is 1.24. The summed E-state index contributed by atoms with van der Waals surface area (Å²) in [6.45, 7) is 3.80. The SMILES string of the molecule is Fc1cnc(N2CC2)nc1N1CC1. The lowest BCUT2D eigenvalue weighted by atomic mass is 10.5. The van der Waals surface area contributed by atoms with Crippen molar-refractivity contribution >= 4 is 11.8 Å². The molecule has 0 atom stereocenters. The maximum absolute atomic E-state index is 13.2. The third-order valence-electron chi connectivity index (χ3n) is 2.19. The highest BCUT2D eigenvalue weighted by Gasteiger charge is 2.27. The normalized spacial score (nSPS) is 19.2. The van der Waals surface area contributed by atoms with Gasteiger partial charge in [0.2, 0.25) is 5.95 Å². The maximum Gasteiger partial charge on any atom is 0.227 e. The second-order valence-corrected chi connectivity index (χ2v) is 3.32. The standard InChI is InChI=1S/C8H9FN4/c9-6-5-10-8(13-3-4-13)11-7(6)12-1-2-12/h5H,1-4H2. The van der Waals surface area contributed by atoms with Crippen LogP contribution in [0.5, 0.6) is 0 Å². The van der Waals surface area contributed by atoms with Crippen LogP contribution >= 0.6 is 0 Å². The lowest BCUT2D eigenvalue weighted by Crippen LogP contribution is -2.05. The number of anilines is 2. The van der Waals surface area contributed by atoms with E-state index in [1.807, 2.05) is 9.80 Å². The van der Waals surface area contributed by atoms with Crippen LogP contribution in [0.3, 0.4) is 0 Å². The Balaban J connectivity index is 1.99. The summed E-state index contributed by atoms with van der Waals surface area (Å²) in [5.41, 5.74) is 0. The van der Waals surface area contributed by atoms with E-state index in [1.165, 1.54) is 6.20 Å². The largest absolute Gasteiger partial charge is 0.350 e. The molecule has 2 aliphatic rings. The third kappa shape index (κ3) is 1.20. The zero-order valence-electron chi connectivity index (χ0n) is 7.07. The minimum atomic E-state index is -0.317. The second-order valence-electron chi connectivity index (χ2n) is 3.32. The molecule has 5 heteroatoms. The van der Waals surface area contributed by atoms with Crippen molar-refractivity contribution in [2.75, 3.05) is 36.0 Å². The van der Waals surface area contributed by atoms with Gasteiger partial charge >= 0.3 is 0 Å². The van der Waals surface area contributed by atoms with Gasteiger partial charge in [-0.1, -0.05) is 0 Å². The van der Waals surface area contributed by atoms with Crippen molar-refractivity contribution in [3.8, 4) is 0 Å². The van der Waals surface area contributed by atoms with Crippen LogP contribution < -0.4 is 9.80 Å². The summed E-state index contributed by atoms with van der Waals surface area (Å²) in [5.74, 6) is 0.795. The van der Waals surface area contributed by atoms with E-state index in [9.17, 15) is 4.39 Å². The van der Waals surface area contributed by atoms with Crippen molar-refractivity contribution < 1.29 is 4.39 Å². The summed E-state index contributed by atoms with van der Waals surface area (Å²) in [6.07, 6.45) is 1.26. The lowest BCUT2D eigenvalue weighted by Gasteiger charge is -2.05. The first-order valence-electron chi connectivity index (χ1n) is 4.37. The Labute approximate surface area is 75.0 Å². The van der Waals surface area contributed by atoms with Gasteiger partial charge in [-0.2, -0.15) is 4.98 Å². The first kappa shape index (κ1) is 7.06. The number of halogens is 1. The van der Waals surface area contributed by atoms with Crippen LogP contribution in [0.4, 0.5) is 16.2 Å². The van der Waals surface area contributed by atoms with Crippen molar-refractivity contribution in [2.45, 2.75) is 0 Å². The third-order valence-corrected chi connectivity index (χ3v) is 2.19. The number of nitrogens with zero attached hydrogens (tertiary/aromatic N) is 4. The molecule has 0 amide bonds. The topological polar surface area (TPSA) is 31.8 Å². The fourth-order valence-corrected chi connectivity index (χ4v) is 1.24. The molecule has 3 heterocycles. The van der Waals surface area contributed by atoms with E-state index in [0.717, 1.165) is 26.2 Å². The van der Waals surface area contributed by atoms with Gasteiger partial charge in [0, 0.05) is 26.2 Å². The molecule has 0 N–H and O–H groups in total. The summed E-state index contributed by atoms with van der Waals surface area (Å²) in [6, 6.07) is 0. The van der Waals surface area contributed by atoms with Crippen LogP contribution in [0.15, 0.2) is 6.20 Å². The van der Waals surface area contributed by atoms with Gasteiger partial charge in [0.1, 0.15) is 0 Å². The van der Waals surface area contributed by atoms with Crippen molar-refractivity contribution in [1.29, 1.82) is 0 Å². The number of aromatic nitrogens is 2. The first-order valence-corrected chi connectivity index (χ1v) is 4.37. The summed E-state index contributed by atoms with van der Waals surface area (Å²) in [5, 5.41) is 0. The van der Waals surface area contributed by atoms with Crippen LogP contribution in [-0.4, -0.2) is 36.1 Å². The number of hydrogen-bond acceptors (Lipinski definition) is 4. The Morgan fingerprint density at radius 2 is 1.85 bits per heavy atom. The van der Waals surface area contributed by atoms with Crippen LogP contribution in [0.25, 0.3) is 0 Å². The van der Waals surface area contributed by atoms with Crippen molar-refractivity contribution in [3.63, 3.8) is 0 Å². The molecule has 1 aromatic heterocycles. The summed E-state index contributed by atoms with van der Waals surface area (Å²) < 4.78 is 13.2. The minimum Gasteiger partial charge on any atom is -0.350 e. The van der Waals surface area contributed by atoms with E-state index in [4.69, 9.17) is 0 Å². The van der Waals surface area contributed by atoms with E-state index < -0.39 is 0 Å². The molecule has 1 aromatic rings. The molecule has 2 saturated heterocycles. The predicted octanol–water partition coefficient (Wildman–Crippen LogP) is 0.256. The lowest BCUT2D eigenvalue weighted by molar-refractivity contribution is 0.616. The second kappa shape index (κ2) is 2.31. The monoisotopic (exact) mass is 180 g/mol. The van der Waals surface area contributed by atoms with Gasteiger partial charge in [0.25, 0.3) is 0 Å². The van der Waals surface area contributed by atoms with E-state index in [1.54, 1.807) is 0 Å². The van der Waals surface area contributed by atoms with Gasteiger partial charge in [0.05, 0.1) is 6.20 Å². The van der Waals surface area contributed by atoms with Crippen LogP contribution in [0, 0.1) is 5.82 Å². The van der Waals surface area contributed by atoms with E-state index in [0.29, 0.717) is 11.8 Å². The quantitative estimate of drug-likeness (QED) is 0.611. The highest BCUT2D eigenvalue weighted by atomic mass is 19.1. The van der Waals surface area contributed by atoms with Crippen molar-refractivity contribution in [3.05, 3.63) is 12.0 Å². The van der Waals surface area contributed by atoms with Crippen molar-refractivity contribution in [1.82, 2.24) is 9.97 Å². The Kier molecular flexibility index (Phi) is 1.25. The molecular weight excluding hydrogens is 171 g/mol. The van der Waals surface area contributed by atoms with Crippen LogP contribution in [0.1, 0.15) is 0 Å². The molecule has 3 rings (SSSR count). The molecule has 0 spiro atoms. The fraction of sp³-hybridized carbons (Fsp3) is 0.500. The molecule has 0 unspecified atom stereocenters. The van der Waals surface area contributed by atoms with Crippen molar-refractivity contribution in [2.24, 2.45) is 0 Å². The van der Waals surface area contributed by atoms with Gasteiger partial charge in [0.15, 0.2) is 11.6 Å². The van der Waals surface area contributed by atoms with Crippen LogP contribution in [0.2, 0.25) is 0 Å². The molecule has 13 heavy (non-hydrogen) atoms. The molecule has 0 aliphatic carbocycles. The average molecular weight is 180 g/mol. The Morgan fingerprint density at radius 3 is 2.46 bits per heavy atom. The van der Waals surface area contributed by atoms with E-state index >= 15 is 0 Å².